The molecule has 0 spiro atoms. The lowest BCUT2D eigenvalue weighted by atomic mass is 10.4. The summed E-state index contributed by atoms with van der Waals surface area (Å²) in [4.78, 5) is 11.9. The molecular formula is C11H16O4S. The zero-order valence-electron chi connectivity index (χ0n) is 9.43. The molecule has 0 bridgehead atoms. The van der Waals surface area contributed by atoms with Gasteiger partial charge in [-0.2, -0.15) is 0 Å². The molecule has 5 heteroatoms. The molecule has 1 rings (SSSR count). The maximum Gasteiger partial charge on any atom is 0.345 e. The van der Waals surface area contributed by atoms with E-state index >= 15 is 0 Å². The second kappa shape index (κ2) is 6.62. The van der Waals surface area contributed by atoms with Gasteiger partial charge in [0, 0.05) is 11.5 Å². The quantitative estimate of drug-likeness (QED) is 0.800. The number of rotatable bonds is 7. The maximum atomic E-state index is 10.6. The van der Waals surface area contributed by atoms with Crippen molar-refractivity contribution in [1.82, 2.24) is 0 Å². The molecule has 0 aliphatic rings. The fraction of sp³-hybridized carbons (Fsp3) is 0.545. The van der Waals surface area contributed by atoms with E-state index in [1.807, 2.05) is 13.8 Å². The molecule has 0 saturated carbocycles. The third kappa shape index (κ3) is 4.30. The van der Waals surface area contributed by atoms with E-state index in [1.54, 1.807) is 12.1 Å². The van der Waals surface area contributed by atoms with Gasteiger partial charge in [0.15, 0.2) is 0 Å². The molecule has 1 N–H and O–H groups in total. The average Bonchev–Trinajstić information content (AvgIpc) is 2.72. The van der Waals surface area contributed by atoms with E-state index in [1.165, 1.54) is 11.3 Å². The van der Waals surface area contributed by atoms with Crippen molar-refractivity contribution in [3.63, 3.8) is 0 Å². The van der Waals surface area contributed by atoms with Gasteiger partial charge < -0.3 is 14.6 Å². The Kier molecular flexibility index (Phi) is 5.45. The van der Waals surface area contributed by atoms with Crippen LogP contribution in [0.1, 0.15) is 28.4 Å². The fourth-order valence-electron chi connectivity index (χ4n) is 1.13. The number of carboxylic acid groups (broad SMARTS) is 1. The van der Waals surface area contributed by atoms with E-state index in [0.717, 1.165) is 4.88 Å². The zero-order valence-corrected chi connectivity index (χ0v) is 10.3. The molecule has 1 heterocycles. The number of hydrogen-bond acceptors (Lipinski definition) is 4. The van der Waals surface area contributed by atoms with Crippen LogP contribution < -0.4 is 0 Å². The molecule has 0 amide bonds. The molecule has 0 aliphatic carbocycles. The van der Waals surface area contributed by atoms with Crippen LogP contribution in [0.5, 0.6) is 0 Å². The minimum Gasteiger partial charge on any atom is -0.477 e. The number of carboxylic acids is 1. The van der Waals surface area contributed by atoms with E-state index in [9.17, 15) is 4.79 Å². The highest BCUT2D eigenvalue weighted by atomic mass is 32.1. The van der Waals surface area contributed by atoms with Gasteiger partial charge in [-0.15, -0.1) is 11.3 Å². The van der Waals surface area contributed by atoms with E-state index in [4.69, 9.17) is 14.6 Å². The third-order valence-corrected chi connectivity index (χ3v) is 2.99. The van der Waals surface area contributed by atoms with Crippen molar-refractivity contribution in [2.75, 3.05) is 13.2 Å². The van der Waals surface area contributed by atoms with Crippen LogP contribution in [0.15, 0.2) is 12.1 Å². The predicted molar refractivity (Wildman–Crippen MR) is 62.0 cm³/mol. The van der Waals surface area contributed by atoms with Gasteiger partial charge in [0.25, 0.3) is 0 Å². The van der Waals surface area contributed by atoms with Crippen LogP contribution >= 0.6 is 11.3 Å². The molecule has 0 saturated heterocycles. The van der Waals surface area contributed by atoms with Crippen LogP contribution in [0.4, 0.5) is 0 Å². The highest BCUT2D eigenvalue weighted by Gasteiger charge is 2.08. The smallest absolute Gasteiger partial charge is 0.345 e. The molecule has 1 unspecified atom stereocenters. The van der Waals surface area contributed by atoms with Crippen molar-refractivity contribution < 1.29 is 19.4 Å². The molecular weight excluding hydrogens is 228 g/mol. The molecule has 0 aliphatic heterocycles. The summed E-state index contributed by atoms with van der Waals surface area (Å²) in [7, 11) is 0. The SMILES string of the molecule is CCOCC(C)OCc1ccc(C(=O)O)s1. The molecule has 4 nitrogen and oxygen atoms in total. The van der Waals surface area contributed by atoms with Crippen molar-refractivity contribution in [2.45, 2.75) is 26.6 Å². The Bertz CT molecular complexity index is 334. The molecule has 1 aromatic rings. The van der Waals surface area contributed by atoms with Gasteiger partial charge in [-0.25, -0.2) is 4.79 Å². The number of thiophene rings is 1. The highest BCUT2D eigenvalue weighted by Crippen LogP contribution is 2.17. The van der Waals surface area contributed by atoms with Gasteiger partial charge in [0.2, 0.25) is 0 Å². The minimum atomic E-state index is -0.890. The number of ether oxygens (including phenoxy) is 2. The number of carbonyl (C=O) groups is 1. The number of aromatic carboxylic acids is 1. The first-order valence-corrected chi connectivity index (χ1v) is 5.96. The standard InChI is InChI=1S/C11H16O4S/c1-3-14-6-8(2)15-7-9-4-5-10(16-9)11(12)13/h4-5,8H,3,6-7H2,1-2H3,(H,12,13). The first kappa shape index (κ1) is 13.2. The summed E-state index contributed by atoms with van der Waals surface area (Å²) in [5, 5.41) is 8.74. The van der Waals surface area contributed by atoms with Crippen molar-refractivity contribution in [3.8, 4) is 0 Å². The minimum absolute atomic E-state index is 0.0235. The second-order valence-electron chi connectivity index (χ2n) is 3.35. The van der Waals surface area contributed by atoms with Crippen molar-refractivity contribution in [3.05, 3.63) is 21.9 Å². The lowest BCUT2D eigenvalue weighted by molar-refractivity contribution is -0.0107. The Hall–Kier alpha value is -0.910. The topological polar surface area (TPSA) is 55.8 Å². The lowest BCUT2D eigenvalue weighted by Gasteiger charge is -2.11. The van der Waals surface area contributed by atoms with Crippen LogP contribution in [-0.2, 0) is 16.1 Å². The van der Waals surface area contributed by atoms with Gasteiger partial charge >= 0.3 is 5.97 Å². The fourth-order valence-corrected chi connectivity index (χ4v) is 1.90. The molecule has 1 atom stereocenters. The molecule has 1 aromatic heterocycles. The van der Waals surface area contributed by atoms with Gasteiger partial charge in [-0.1, -0.05) is 0 Å². The maximum absolute atomic E-state index is 10.6. The van der Waals surface area contributed by atoms with Crippen LogP contribution in [0, 0.1) is 0 Å². The Morgan fingerprint density at radius 3 is 2.88 bits per heavy atom. The van der Waals surface area contributed by atoms with Crippen molar-refractivity contribution >= 4 is 17.3 Å². The number of hydrogen-bond donors (Lipinski definition) is 1. The van der Waals surface area contributed by atoms with Crippen LogP contribution in [0.2, 0.25) is 0 Å². The average molecular weight is 244 g/mol. The molecule has 0 fully saturated rings. The van der Waals surface area contributed by atoms with E-state index in [2.05, 4.69) is 0 Å². The largest absolute Gasteiger partial charge is 0.477 e. The van der Waals surface area contributed by atoms with Crippen LogP contribution in [0.3, 0.4) is 0 Å². The lowest BCUT2D eigenvalue weighted by Crippen LogP contribution is -2.15. The molecule has 0 radical (unpaired) electrons. The van der Waals surface area contributed by atoms with Crippen LogP contribution in [-0.4, -0.2) is 30.4 Å². The zero-order chi connectivity index (χ0) is 12.0. The summed E-state index contributed by atoms with van der Waals surface area (Å²) in [6.07, 6.45) is 0.0235. The van der Waals surface area contributed by atoms with Crippen molar-refractivity contribution in [2.24, 2.45) is 0 Å². The Morgan fingerprint density at radius 2 is 2.31 bits per heavy atom. The predicted octanol–water partition coefficient (Wildman–Crippen LogP) is 2.39. The Morgan fingerprint density at radius 1 is 1.56 bits per heavy atom. The monoisotopic (exact) mass is 244 g/mol. The van der Waals surface area contributed by atoms with Gasteiger partial charge in [0.1, 0.15) is 4.88 Å². The summed E-state index contributed by atoms with van der Waals surface area (Å²) in [5.74, 6) is -0.890. The third-order valence-electron chi connectivity index (χ3n) is 1.94. The molecule has 0 aromatic carbocycles. The van der Waals surface area contributed by atoms with Crippen molar-refractivity contribution in [1.29, 1.82) is 0 Å². The molecule has 16 heavy (non-hydrogen) atoms. The van der Waals surface area contributed by atoms with E-state index < -0.39 is 5.97 Å². The van der Waals surface area contributed by atoms with Gasteiger partial charge in [-0.3, -0.25) is 0 Å². The summed E-state index contributed by atoms with van der Waals surface area (Å²) in [6.45, 7) is 5.54. The first-order valence-electron chi connectivity index (χ1n) is 5.14. The second-order valence-corrected chi connectivity index (χ2v) is 4.52. The summed E-state index contributed by atoms with van der Waals surface area (Å²) >= 11 is 1.24. The van der Waals surface area contributed by atoms with Crippen LogP contribution in [0.25, 0.3) is 0 Å². The summed E-state index contributed by atoms with van der Waals surface area (Å²) in [6, 6.07) is 3.38. The normalized spacial score (nSPS) is 12.6. The summed E-state index contributed by atoms with van der Waals surface area (Å²) in [5.41, 5.74) is 0. The Balaban J connectivity index is 2.33. The van der Waals surface area contributed by atoms with Gasteiger partial charge in [0.05, 0.1) is 19.3 Å². The molecule has 90 valence electrons. The van der Waals surface area contributed by atoms with Gasteiger partial charge in [-0.05, 0) is 26.0 Å². The first-order chi connectivity index (χ1) is 7.63. The van der Waals surface area contributed by atoms with E-state index in [0.29, 0.717) is 24.7 Å². The summed E-state index contributed by atoms with van der Waals surface area (Å²) < 4.78 is 10.7. The highest BCUT2D eigenvalue weighted by molar-refractivity contribution is 7.13. The Labute approximate surface area is 98.8 Å². The van der Waals surface area contributed by atoms with E-state index in [-0.39, 0.29) is 6.10 Å².